The van der Waals surface area contributed by atoms with Gasteiger partial charge in [-0.2, -0.15) is 11.8 Å². The summed E-state index contributed by atoms with van der Waals surface area (Å²) in [5.41, 5.74) is 0. The number of carbonyl (C=O) groups is 1. The zero-order chi connectivity index (χ0) is 9.10. The van der Waals surface area contributed by atoms with Gasteiger partial charge in [0.05, 0.1) is 5.75 Å². The molecule has 1 atom stereocenters. The van der Waals surface area contributed by atoms with E-state index in [9.17, 15) is 4.79 Å². The second-order valence-electron chi connectivity index (χ2n) is 3.75. The predicted molar refractivity (Wildman–Crippen MR) is 54.9 cm³/mol. The van der Waals surface area contributed by atoms with Gasteiger partial charge in [0.1, 0.15) is 0 Å². The van der Waals surface area contributed by atoms with E-state index in [2.05, 4.69) is 5.32 Å². The van der Waals surface area contributed by atoms with Crippen LogP contribution in [0.2, 0.25) is 0 Å². The molecule has 0 aromatic rings. The Labute approximate surface area is 83.2 Å². The van der Waals surface area contributed by atoms with Gasteiger partial charge in [0.2, 0.25) is 5.91 Å². The van der Waals surface area contributed by atoms with Crippen LogP contribution in [-0.4, -0.2) is 48.5 Å². The van der Waals surface area contributed by atoms with Crippen LogP contribution >= 0.6 is 11.8 Å². The number of amides is 1. The number of rotatable bonds is 2. The maximum atomic E-state index is 11.5. The van der Waals surface area contributed by atoms with E-state index >= 15 is 0 Å². The van der Waals surface area contributed by atoms with Crippen LogP contribution in [0.5, 0.6) is 0 Å². The largest absolute Gasteiger partial charge is 0.341 e. The lowest BCUT2D eigenvalue weighted by Crippen LogP contribution is -2.41. The minimum atomic E-state index is 0.336. The Morgan fingerprint density at radius 2 is 2.54 bits per heavy atom. The van der Waals surface area contributed by atoms with Gasteiger partial charge < -0.3 is 10.2 Å². The summed E-state index contributed by atoms with van der Waals surface area (Å²) >= 11 is 1.76. The fourth-order valence-corrected chi connectivity index (χ4v) is 2.78. The predicted octanol–water partition coefficient (Wildman–Crippen LogP) is 0.171. The Bertz CT molecular complexity index is 192. The van der Waals surface area contributed by atoms with Gasteiger partial charge in [-0.1, -0.05) is 0 Å². The fourth-order valence-electron chi connectivity index (χ4n) is 1.93. The van der Waals surface area contributed by atoms with E-state index in [0.29, 0.717) is 17.6 Å². The Morgan fingerprint density at radius 1 is 1.62 bits per heavy atom. The molecule has 0 aromatic heterocycles. The van der Waals surface area contributed by atoms with E-state index in [4.69, 9.17) is 0 Å². The Hall–Kier alpha value is -0.220. The zero-order valence-corrected chi connectivity index (χ0v) is 8.61. The number of nitrogens with one attached hydrogen (secondary N) is 1. The molecule has 2 aliphatic rings. The molecule has 0 aromatic carbocycles. The molecular weight excluding hydrogens is 184 g/mol. The molecular formula is C9H16N2OS. The molecule has 0 radical (unpaired) electrons. The highest BCUT2D eigenvalue weighted by Crippen LogP contribution is 2.15. The third kappa shape index (κ3) is 2.38. The first-order valence-electron chi connectivity index (χ1n) is 4.92. The van der Waals surface area contributed by atoms with Gasteiger partial charge in [0.25, 0.3) is 0 Å². The van der Waals surface area contributed by atoms with E-state index in [1.165, 1.54) is 6.42 Å². The molecule has 2 aliphatic heterocycles. The molecule has 1 N–H and O–H groups in total. The lowest BCUT2D eigenvalue weighted by Gasteiger charge is -2.28. The van der Waals surface area contributed by atoms with Crippen LogP contribution in [0.1, 0.15) is 6.42 Å². The van der Waals surface area contributed by atoms with Gasteiger partial charge in [0, 0.05) is 18.8 Å². The minimum Gasteiger partial charge on any atom is -0.341 e. The van der Waals surface area contributed by atoms with Crippen molar-refractivity contribution in [3.05, 3.63) is 0 Å². The molecule has 2 saturated heterocycles. The summed E-state index contributed by atoms with van der Waals surface area (Å²) in [6.07, 6.45) is 1.23. The summed E-state index contributed by atoms with van der Waals surface area (Å²) in [5.74, 6) is 2.85. The first-order valence-corrected chi connectivity index (χ1v) is 6.08. The first kappa shape index (κ1) is 9.34. The molecule has 2 rings (SSSR count). The molecule has 1 unspecified atom stereocenters. The van der Waals surface area contributed by atoms with Crippen LogP contribution in [0.25, 0.3) is 0 Å². The normalized spacial score (nSPS) is 29.7. The number of carbonyl (C=O) groups excluding carboxylic acids is 1. The van der Waals surface area contributed by atoms with Crippen LogP contribution in [0.4, 0.5) is 0 Å². The van der Waals surface area contributed by atoms with E-state index in [-0.39, 0.29) is 0 Å². The molecule has 13 heavy (non-hydrogen) atoms. The average molecular weight is 200 g/mol. The number of hydrogen-bond acceptors (Lipinski definition) is 3. The van der Waals surface area contributed by atoms with Crippen molar-refractivity contribution in [2.24, 2.45) is 5.92 Å². The minimum absolute atomic E-state index is 0.336. The lowest BCUT2D eigenvalue weighted by molar-refractivity contribution is -0.129. The third-order valence-corrected chi connectivity index (χ3v) is 3.65. The van der Waals surface area contributed by atoms with Crippen molar-refractivity contribution in [1.82, 2.24) is 10.2 Å². The summed E-state index contributed by atoms with van der Waals surface area (Å²) < 4.78 is 0. The van der Waals surface area contributed by atoms with Gasteiger partial charge in [-0.25, -0.2) is 0 Å². The highest BCUT2D eigenvalue weighted by atomic mass is 32.2. The second-order valence-corrected chi connectivity index (χ2v) is 4.86. The Morgan fingerprint density at radius 3 is 3.23 bits per heavy atom. The van der Waals surface area contributed by atoms with Crippen LogP contribution < -0.4 is 5.32 Å². The van der Waals surface area contributed by atoms with Crippen LogP contribution in [0.15, 0.2) is 0 Å². The zero-order valence-electron chi connectivity index (χ0n) is 7.79. The molecule has 4 heteroatoms. The van der Waals surface area contributed by atoms with Crippen molar-refractivity contribution in [2.45, 2.75) is 6.42 Å². The molecule has 0 aliphatic carbocycles. The Balaban J connectivity index is 1.81. The Kier molecular flexibility index (Phi) is 3.11. The van der Waals surface area contributed by atoms with Gasteiger partial charge in [-0.15, -0.1) is 0 Å². The molecule has 3 nitrogen and oxygen atoms in total. The van der Waals surface area contributed by atoms with Gasteiger partial charge >= 0.3 is 0 Å². The first-order chi connectivity index (χ1) is 6.36. The quantitative estimate of drug-likeness (QED) is 0.690. The van der Waals surface area contributed by atoms with E-state index in [1.807, 2.05) is 4.90 Å². The maximum Gasteiger partial charge on any atom is 0.232 e. The smallest absolute Gasteiger partial charge is 0.232 e. The van der Waals surface area contributed by atoms with Crippen LogP contribution in [0.3, 0.4) is 0 Å². The number of nitrogens with zero attached hydrogens (tertiary/aromatic N) is 1. The molecule has 1 amide bonds. The highest BCUT2D eigenvalue weighted by Gasteiger charge is 2.23. The molecule has 0 saturated carbocycles. The van der Waals surface area contributed by atoms with Crippen molar-refractivity contribution >= 4 is 17.7 Å². The monoisotopic (exact) mass is 200 g/mol. The molecule has 2 fully saturated rings. The summed E-state index contributed by atoms with van der Waals surface area (Å²) in [5, 5.41) is 3.33. The van der Waals surface area contributed by atoms with Gasteiger partial charge in [-0.05, 0) is 25.4 Å². The van der Waals surface area contributed by atoms with Crippen LogP contribution in [0, 0.1) is 5.92 Å². The fraction of sp³-hybridized carbons (Fsp3) is 0.889. The van der Waals surface area contributed by atoms with Crippen LogP contribution in [-0.2, 0) is 4.79 Å². The molecule has 0 spiro atoms. The topological polar surface area (TPSA) is 32.3 Å². The number of hydrogen-bond donors (Lipinski definition) is 1. The van der Waals surface area contributed by atoms with Crippen molar-refractivity contribution in [2.75, 3.05) is 37.7 Å². The van der Waals surface area contributed by atoms with Crippen molar-refractivity contribution in [3.8, 4) is 0 Å². The summed E-state index contributed by atoms with van der Waals surface area (Å²) in [6, 6.07) is 0. The standard InChI is InChI=1S/C9H16N2OS/c12-9-7-13-4-3-11(9)6-8-1-2-10-5-8/h8,10H,1-7H2. The number of thioether (sulfide) groups is 1. The maximum absolute atomic E-state index is 11.5. The third-order valence-electron chi connectivity index (χ3n) is 2.72. The molecule has 2 heterocycles. The van der Waals surface area contributed by atoms with Gasteiger partial charge in [-0.3, -0.25) is 4.79 Å². The average Bonchev–Trinajstić information content (AvgIpc) is 2.61. The summed E-state index contributed by atoms with van der Waals surface area (Å²) in [7, 11) is 0. The van der Waals surface area contributed by atoms with Crippen molar-refractivity contribution < 1.29 is 4.79 Å². The SMILES string of the molecule is O=C1CSCCN1CC1CCNC1. The molecule has 0 bridgehead atoms. The van der Waals surface area contributed by atoms with E-state index < -0.39 is 0 Å². The molecule has 74 valence electrons. The van der Waals surface area contributed by atoms with Crippen molar-refractivity contribution in [3.63, 3.8) is 0 Å². The summed E-state index contributed by atoms with van der Waals surface area (Å²) in [6.45, 7) is 4.16. The highest BCUT2D eigenvalue weighted by molar-refractivity contribution is 8.00. The van der Waals surface area contributed by atoms with E-state index in [1.54, 1.807) is 11.8 Å². The lowest BCUT2D eigenvalue weighted by atomic mass is 10.1. The van der Waals surface area contributed by atoms with Crippen molar-refractivity contribution in [1.29, 1.82) is 0 Å². The second kappa shape index (κ2) is 4.33. The van der Waals surface area contributed by atoms with E-state index in [0.717, 1.165) is 31.9 Å². The summed E-state index contributed by atoms with van der Waals surface area (Å²) in [4.78, 5) is 13.5. The van der Waals surface area contributed by atoms with Gasteiger partial charge in [0.15, 0.2) is 0 Å².